The second-order valence-electron chi connectivity index (χ2n) is 3.80. The highest BCUT2D eigenvalue weighted by Crippen LogP contribution is 2.28. The number of sulfonamides is 1. The van der Waals surface area contributed by atoms with Gasteiger partial charge in [-0.1, -0.05) is 19.3 Å². The summed E-state index contributed by atoms with van der Waals surface area (Å²) < 4.78 is 24.2. The van der Waals surface area contributed by atoms with Crippen LogP contribution in [0.4, 0.5) is 0 Å². The Morgan fingerprint density at radius 1 is 1.29 bits per heavy atom. The lowest BCUT2D eigenvalue weighted by Crippen LogP contribution is -2.60. The molecule has 5 nitrogen and oxygen atoms in total. The summed E-state index contributed by atoms with van der Waals surface area (Å²) in [5.74, 6) is -1.32. The average Bonchev–Trinajstić information content (AvgIpc) is 2.02. The number of nitrogens with one attached hydrogen (secondary N) is 1. The first-order valence-corrected chi connectivity index (χ1v) is 6.45. The zero-order chi connectivity index (χ0) is 10.8. The summed E-state index contributed by atoms with van der Waals surface area (Å²) in [6.07, 6.45) is 3.99. The summed E-state index contributed by atoms with van der Waals surface area (Å²) in [7, 11) is -3.50. The maximum Gasteiger partial charge on any atom is 0.209 e. The molecule has 0 aromatic carbocycles. The third-order valence-electron chi connectivity index (χ3n) is 2.48. The van der Waals surface area contributed by atoms with Gasteiger partial charge in [0.25, 0.3) is 0 Å². The van der Waals surface area contributed by atoms with Gasteiger partial charge in [0.15, 0.2) is 0 Å². The molecule has 0 aromatic heterocycles. The molecule has 0 aromatic rings. The van der Waals surface area contributed by atoms with Crippen LogP contribution in [0, 0.1) is 0 Å². The maximum absolute atomic E-state index is 11.0. The van der Waals surface area contributed by atoms with Crippen molar-refractivity contribution >= 4 is 16.0 Å². The third-order valence-corrected chi connectivity index (χ3v) is 3.24. The number of carbonyl (C=O) groups is 1. The Bertz CT molecular complexity index is 316. The molecule has 6 heteroatoms. The molecule has 0 saturated heterocycles. The monoisotopic (exact) mass is 220 g/mol. The van der Waals surface area contributed by atoms with E-state index in [9.17, 15) is 18.3 Å². The molecule has 0 heterocycles. The number of rotatable bonds is 3. The molecule has 1 aliphatic carbocycles. The second kappa shape index (κ2) is 3.86. The topological polar surface area (TPSA) is 86.3 Å². The Morgan fingerprint density at radius 3 is 2.14 bits per heavy atom. The molecule has 0 bridgehead atoms. The van der Waals surface area contributed by atoms with Crippen LogP contribution in [0.2, 0.25) is 0 Å². The Kier molecular flexibility index (Phi) is 3.16. The van der Waals surface area contributed by atoms with Crippen molar-refractivity contribution in [3.63, 3.8) is 0 Å². The summed E-state index contributed by atoms with van der Waals surface area (Å²) in [6.45, 7) is 0. The third kappa shape index (κ3) is 2.68. The number of hydrogen-bond acceptors (Lipinski definition) is 4. The summed E-state index contributed by atoms with van der Waals surface area (Å²) in [6, 6.07) is 0. The zero-order valence-electron chi connectivity index (χ0n) is 8.08. The van der Waals surface area contributed by atoms with E-state index in [0.717, 1.165) is 25.5 Å². The largest absolute Gasteiger partial charge is 0.548 e. The van der Waals surface area contributed by atoms with E-state index in [0.29, 0.717) is 12.8 Å². The SMILES string of the molecule is CS(=O)(=O)NC1(C(=O)[O-])CCCCC1. The van der Waals surface area contributed by atoms with Gasteiger partial charge in [-0.2, -0.15) is 0 Å². The maximum atomic E-state index is 11.0. The van der Waals surface area contributed by atoms with Crippen LogP contribution in [0.5, 0.6) is 0 Å². The second-order valence-corrected chi connectivity index (χ2v) is 5.55. The van der Waals surface area contributed by atoms with Crippen molar-refractivity contribution < 1.29 is 18.3 Å². The van der Waals surface area contributed by atoms with Crippen LogP contribution in [0.15, 0.2) is 0 Å². The lowest BCUT2D eigenvalue weighted by Gasteiger charge is -2.37. The van der Waals surface area contributed by atoms with Crippen LogP contribution < -0.4 is 9.83 Å². The Hall–Kier alpha value is -0.620. The van der Waals surface area contributed by atoms with Crippen molar-refractivity contribution in [2.24, 2.45) is 0 Å². The summed E-state index contributed by atoms with van der Waals surface area (Å²) >= 11 is 0. The fourth-order valence-corrected chi connectivity index (χ4v) is 2.86. The Labute approximate surface area is 83.6 Å². The van der Waals surface area contributed by atoms with Crippen LogP contribution in [0.3, 0.4) is 0 Å². The van der Waals surface area contributed by atoms with E-state index in [2.05, 4.69) is 4.72 Å². The Morgan fingerprint density at radius 2 is 1.79 bits per heavy atom. The quantitative estimate of drug-likeness (QED) is 0.660. The molecule has 0 atom stereocenters. The van der Waals surface area contributed by atoms with Crippen molar-refractivity contribution in [2.45, 2.75) is 37.6 Å². The van der Waals surface area contributed by atoms with E-state index in [1.807, 2.05) is 0 Å². The van der Waals surface area contributed by atoms with E-state index in [-0.39, 0.29) is 0 Å². The van der Waals surface area contributed by atoms with Crippen LogP contribution in [-0.4, -0.2) is 26.2 Å². The molecular formula is C8H14NO4S-. The molecule has 1 N–H and O–H groups in total. The molecular weight excluding hydrogens is 206 g/mol. The van der Waals surface area contributed by atoms with Gasteiger partial charge in [-0.25, -0.2) is 13.1 Å². The van der Waals surface area contributed by atoms with Gasteiger partial charge in [0, 0.05) is 0 Å². The molecule has 0 spiro atoms. The first-order valence-electron chi connectivity index (χ1n) is 4.56. The van der Waals surface area contributed by atoms with Crippen LogP contribution >= 0.6 is 0 Å². The van der Waals surface area contributed by atoms with Gasteiger partial charge in [0.1, 0.15) is 0 Å². The predicted octanol–water partition coefficient (Wildman–Crippen LogP) is -1.01. The minimum absolute atomic E-state index is 0.322. The molecule has 14 heavy (non-hydrogen) atoms. The highest BCUT2D eigenvalue weighted by atomic mass is 32.2. The van der Waals surface area contributed by atoms with E-state index in [1.54, 1.807) is 0 Å². The van der Waals surface area contributed by atoms with Crippen LogP contribution in [-0.2, 0) is 14.8 Å². The van der Waals surface area contributed by atoms with Crippen molar-refractivity contribution in [2.75, 3.05) is 6.26 Å². The van der Waals surface area contributed by atoms with Gasteiger partial charge in [-0.3, -0.25) is 0 Å². The normalized spacial score (nSPS) is 21.8. The van der Waals surface area contributed by atoms with E-state index < -0.39 is 21.5 Å². The summed E-state index contributed by atoms with van der Waals surface area (Å²) in [4.78, 5) is 10.9. The molecule has 82 valence electrons. The first kappa shape index (κ1) is 11.5. The highest BCUT2D eigenvalue weighted by Gasteiger charge is 2.35. The summed E-state index contributed by atoms with van der Waals surface area (Å²) in [5, 5.41) is 10.9. The van der Waals surface area contributed by atoms with Crippen molar-refractivity contribution in [3.05, 3.63) is 0 Å². The molecule has 0 aliphatic heterocycles. The minimum atomic E-state index is -3.50. The molecule has 0 unspecified atom stereocenters. The fourth-order valence-electron chi connectivity index (χ4n) is 1.86. The summed E-state index contributed by atoms with van der Waals surface area (Å²) in [5.41, 5.74) is -1.37. The van der Waals surface area contributed by atoms with Gasteiger partial charge in [0.05, 0.1) is 17.8 Å². The van der Waals surface area contributed by atoms with Gasteiger partial charge < -0.3 is 9.90 Å². The predicted molar refractivity (Wildman–Crippen MR) is 48.8 cm³/mol. The molecule has 1 rings (SSSR count). The standard InChI is InChI=1S/C8H15NO4S/c1-14(12,13)9-8(7(10)11)5-3-2-4-6-8/h9H,2-6H2,1H3,(H,10,11)/p-1. The number of aliphatic carboxylic acids is 1. The first-order chi connectivity index (χ1) is 6.36. The molecule has 1 fully saturated rings. The number of hydrogen-bond donors (Lipinski definition) is 1. The van der Waals surface area contributed by atoms with Crippen LogP contribution in [0.1, 0.15) is 32.1 Å². The molecule has 1 aliphatic rings. The van der Waals surface area contributed by atoms with Crippen molar-refractivity contribution in [1.82, 2.24) is 4.72 Å². The lowest BCUT2D eigenvalue weighted by molar-refractivity contribution is -0.314. The average molecular weight is 220 g/mol. The molecule has 0 amide bonds. The van der Waals surface area contributed by atoms with Crippen molar-refractivity contribution in [1.29, 1.82) is 0 Å². The van der Waals surface area contributed by atoms with Crippen LogP contribution in [0.25, 0.3) is 0 Å². The number of carbonyl (C=O) groups excluding carboxylic acids is 1. The number of carboxylic acid groups (broad SMARTS) is 1. The molecule has 0 radical (unpaired) electrons. The van der Waals surface area contributed by atoms with Gasteiger partial charge >= 0.3 is 0 Å². The smallest absolute Gasteiger partial charge is 0.209 e. The van der Waals surface area contributed by atoms with Gasteiger partial charge in [0.2, 0.25) is 10.0 Å². The minimum Gasteiger partial charge on any atom is -0.548 e. The zero-order valence-corrected chi connectivity index (χ0v) is 8.89. The van der Waals surface area contributed by atoms with E-state index >= 15 is 0 Å². The fraction of sp³-hybridized carbons (Fsp3) is 0.875. The van der Waals surface area contributed by atoms with E-state index in [1.165, 1.54) is 0 Å². The Balaban J connectivity index is 2.87. The number of carboxylic acids is 1. The lowest BCUT2D eigenvalue weighted by atomic mass is 9.83. The highest BCUT2D eigenvalue weighted by molar-refractivity contribution is 7.88. The van der Waals surface area contributed by atoms with Crippen molar-refractivity contribution in [3.8, 4) is 0 Å². The van der Waals surface area contributed by atoms with E-state index in [4.69, 9.17) is 0 Å². The molecule has 1 saturated carbocycles. The van der Waals surface area contributed by atoms with Gasteiger partial charge in [-0.05, 0) is 12.8 Å². The van der Waals surface area contributed by atoms with Gasteiger partial charge in [-0.15, -0.1) is 0 Å².